The van der Waals surface area contributed by atoms with Gasteiger partial charge in [-0.25, -0.2) is 4.57 Å². The number of benzene rings is 1. The van der Waals surface area contributed by atoms with Gasteiger partial charge >= 0.3 is 7.75 Å². The number of aromatic hydroxyl groups is 1. The Morgan fingerprint density at radius 1 is 1.17 bits per heavy atom. The summed E-state index contributed by atoms with van der Waals surface area (Å²) in [5, 5.41) is 32.3. The van der Waals surface area contributed by atoms with Crippen LogP contribution in [0.5, 0.6) is 5.75 Å². The van der Waals surface area contributed by atoms with Crippen molar-refractivity contribution in [2.24, 2.45) is 0 Å². The number of rotatable bonds is 5. The molecule has 0 spiro atoms. The molecule has 130 valence electrons. The highest BCUT2D eigenvalue weighted by atomic mass is 31.2. The summed E-state index contributed by atoms with van der Waals surface area (Å²) in [6.07, 6.45) is 1.85. The Balaban J connectivity index is 2.45. The van der Waals surface area contributed by atoms with Crippen molar-refractivity contribution in [3.8, 4) is 5.75 Å². The average Bonchev–Trinajstić information content (AvgIpc) is 2.45. The smallest absolute Gasteiger partial charge is 0.427 e. The molecule has 9 heteroatoms. The number of allylic oxidation sites excluding steroid dienone is 2. The first kappa shape index (κ1) is 18.4. The third-order valence-corrected chi connectivity index (χ3v) is 4.35. The Hall–Kier alpha value is -1.96. The number of nitrogens with one attached hydrogen (secondary N) is 1. The summed E-state index contributed by atoms with van der Waals surface area (Å²) in [7, 11) is -4.73. The van der Waals surface area contributed by atoms with Crippen LogP contribution in [0.1, 0.15) is 24.8 Å². The van der Waals surface area contributed by atoms with Crippen LogP contribution >= 0.6 is 7.75 Å². The van der Waals surface area contributed by atoms with Crippen LogP contribution in [0.25, 0.3) is 0 Å². The zero-order chi connectivity index (χ0) is 18.1. The van der Waals surface area contributed by atoms with Crippen LogP contribution in [0.4, 0.5) is 0 Å². The monoisotopic (exact) mass is 355 g/mol. The van der Waals surface area contributed by atoms with Crippen molar-refractivity contribution >= 4 is 13.5 Å². The fourth-order valence-corrected chi connectivity index (χ4v) is 3.01. The van der Waals surface area contributed by atoms with E-state index in [9.17, 15) is 24.7 Å². The molecule has 2 rings (SSSR count). The molecule has 1 aromatic carbocycles. The van der Waals surface area contributed by atoms with E-state index >= 15 is 0 Å². The lowest BCUT2D eigenvalue weighted by Crippen LogP contribution is -2.39. The van der Waals surface area contributed by atoms with E-state index in [-0.39, 0.29) is 23.4 Å². The van der Waals surface area contributed by atoms with Crippen LogP contribution in [0.2, 0.25) is 0 Å². The van der Waals surface area contributed by atoms with E-state index in [1.165, 1.54) is 31.2 Å². The Kier molecular flexibility index (Phi) is 4.98. The van der Waals surface area contributed by atoms with Gasteiger partial charge in [0, 0.05) is 17.2 Å². The lowest BCUT2D eigenvalue weighted by molar-refractivity contribution is -0.142. The van der Waals surface area contributed by atoms with Crippen LogP contribution in [0.15, 0.2) is 47.7 Å². The van der Waals surface area contributed by atoms with Crippen molar-refractivity contribution in [1.29, 1.82) is 0 Å². The van der Waals surface area contributed by atoms with Gasteiger partial charge in [-0.3, -0.25) is 9.88 Å². The van der Waals surface area contributed by atoms with Gasteiger partial charge in [0.2, 0.25) is 0 Å². The topological polar surface area (TPSA) is 147 Å². The second-order valence-corrected chi connectivity index (χ2v) is 6.88. The van der Waals surface area contributed by atoms with Crippen molar-refractivity contribution in [2.45, 2.75) is 25.0 Å². The zero-order valence-corrected chi connectivity index (χ0v) is 13.6. The lowest BCUT2D eigenvalue weighted by Gasteiger charge is -2.33. The van der Waals surface area contributed by atoms with Gasteiger partial charge in [0.25, 0.3) is 0 Å². The Morgan fingerprint density at radius 3 is 2.29 bits per heavy atom. The summed E-state index contributed by atoms with van der Waals surface area (Å²) in [5.74, 6) is -3.81. The highest BCUT2D eigenvalue weighted by molar-refractivity contribution is 7.49. The molecule has 0 fully saturated rings. The average molecular weight is 355 g/mol. The minimum atomic E-state index is -4.73. The summed E-state index contributed by atoms with van der Waals surface area (Å²) in [6, 6.07) is 5.75. The van der Waals surface area contributed by atoms with Crippen molar-refractivity contribution in [2.75, 3.05) is 0 Å². The molecule has 6 N–H and O–H groups in total. The Labute approximate surface area is 138 Å². The Bertz CT molecular complexity index is 746. The molecule has 0 radical (unpaired) electrons. The molecule has 0 aliphatic heterocycles. The van der Waals surface area contributed by atoms with Crippen LogP contribution in [0.3, 0.4) is 0 Å². The van der Waals surface area contributed by atoms with E-state index in [4.69, 9.17) is 9.79 Å². The summed E-state index contributed by atoms with van der Waals surface area (Å²) in [6.45, 7) is 1.50. The highest BCUT2D eigenvalue weighted by Crippen LogP contribution is 2.39. The quantitative estimate of drug-likeness (QED) is 0.333. The normalized spacial score (nSPS) is 17.1. The molecule has 8 nitrogen and oxygen atoms in total. The second kappa shape index (κ2) is 6.51. The first-order valence-corrected chi connectivity index (χ1v) is 8.64. The number of ketones is 1. The summed E-state index contributed by atoms with van der Waals surface area (Å²) < 4.78 is 11.2. The maximum atomic E-state index is 11.5. The number of phenolic OH excluding ortho intramolecular Hbond substituents is 1. The molecule has 0 bridgehead atoms. The van der Waals surface area contributed by atoms with Gasteiger partial charge in [0.1, 0.15) is 5.75 Å². The van der Waals surface area contributed by atoms with Gasteiger partial charge in [0.05, 0.1) is 6.42 Å². The molecular formula is C15H18NO7P. The molecule has 0 saturated carbocycles. The van der Waals surface area contributed by atoms with E-state index in [0.717, 1.165) is 12.2 Å². The maximum absolute atomic E-state index is 11.5. The van der Waals surface area contributed by atoms with Gasteiger partial charge in [-0.05, 0) is 29.8 Å². The van der Waals surface area contributed by atoms with Gasteiger partial charge in [-0.2, -0.15) is 0 Å². The van der Waals surface area contributed by atoms with E-state index in [2.05, 4.69) is 0 Å². The molecule has 1 aliphatic rings. The van der Waals surface area contributed by atoms with Crippen LogP contribution in [-0.4, -0.2) is 36.7 Å². The van der Waals surface area contributed by atoms with Gasteiger partial charge < -0.3 is 25.1 Å². The Morgan fingerprint density at radius 2 is 1.75 bits per heavy atom. The van der Waals surface area contributed by atoms with Crippen molar-refractivity contribution < 1.29 is 34.5 Å². The van der Waals surface area contributed by atoms with Gasteiger partial charge in [-0.15, -0.1) is 0 Å². The molecule has 0 saturated heterocycles. The standard InChI is InChI=1S/C15H18NO7P/c1-9(10-2-4-11(17)5-3-10)15(19,20)13-7-6-12(18)8-14(13)16-24(21,22)23/h2-7,9,17,19-20H,8H2,1H3,(H3,16,21,22,23). The highest BCUT2D eigenvalue weighted by Gasteiger charge is 2.39. The molecule has 1 aliphatic carbocycles. The molecule has 24 heavy (non-hydrogen) atoms. The van der Waals surface area contributed by atoms with Crippen molar-refractivity contribution in [3.05, 3.63) is 53.3 Å². The zero-order valence-electron chi connectivity index (χ0n) is 12.7. The van der Waals surface area contributed by atoms with E-state index in [0.29, 0.717) is 5.56 Å². The predicted molar refractivity (Wildman–Crippen MR) is 84.7 cm³/mol. The van der Waals surface area contributed by atoms with E-state index in [1.54, 1.807) is 0 Å². The first-order chi connectivity index (χ1) is 11.0. The van der Waals surface area contributed by atoms with E-state index in [1.807, 2.05) is 5.09 Å². The molecule has 0 heterocycles. The lowest BCUT2D eigenvalue weighted by atomic mass is 9.84. The maximum Gasteiger partial charge on any atom is 0.427 e. The number of carbonyl (C=O) groups is 1. The molecule has 0 amide bonds. The summed E-state index contributed by atoms with van der Waals surface area (Å²) in [5.41, 5.74) is 0.0311. The summed E-state index contributed by atoms with van der Waals surface area (Å²) >= 11 is 0. The van der Waals surface area contributed by atoms with Crippen LogP contribution < -0.4 is 5.09 Å². The largest absolute Gasteiger partial charge is 0.508 e. The predicted octanol–water partition coefficient (Wildman–Crippen LogP) is 0.642. The number of hydrogen-bond acceptors (Lipinski definition) is 5. The van der Waals surface area contributed by atoms with Crippen molar-refractivity contribution in [1.82, 2.24) is 5.09 Å². The molecular weight excluding hydrogens is 337 g/mol. The minimum absolute atomic E-state index is 0.0126. The third-order valence-electron chi connectivity index (χ3n) is 3.79. The second-order valence-electron chi connectivity index (χ2n) is 5.56. The van der Waals surface area contributed by atoms with Gasteiger partial charge in [-0.1, -0.05) is 19.1 Å². The molecule has 1 atom stereocenters. The third kappa shape index (κ3) is 4.11. The number of phenols is 1. The fourth-order valence-electron chi connectivity index (χ4n) is 2.45. The first-order valence-electron chi connectivity index (χ1n) is 7.02. The molecule has 1 aromatic rings. The van der Waals surface area contributed by atoms with E-state index < -0.39 is 25.2 Å². The molecule has 0 aromatic heterocycles. The van der Waals surface area contributed by atoms with Crippen molar-refractivity contribution in [3.63, 3.8) is 0 Å². The summed E-state index contributed by atoms with van der Waals surface area (Å²) in [4.78, 5) is 29.6. The minimum Gasteiger partial charge on any atom is -0.508 e. The molecule has 1 unspecified atom stereocenters. The van der Waals surface area contributed by atoms with Crippen LogP contribution in [0, 0.1) is 0 Å². The SMILES string of the molecule is CC(c1ccc(O)cc1)C(O)(O)C1=C(NP(=O)(O)O)CC(=O)C=C1. The number of carbonyl (C=O) groups excluding carboxylic acids is 1. The van der Waals surface area contributed by atoms with Gasteiger partial charge in [0.15, 0.2) is 11.6 Å². The number of hydrogen-bond donors (Lipinski definition) is 6. The van der Waals surface area contributed by atoms with Crippen LogP contribution in [-0.2, 0) is 9.36 Å². The fraction of sp³-hybridized carbons (Fsp3) is 0.267. The number of aliphatic hydroxyl groups is 2.